The molecule has 2 aliphatic rings. The molecule has 0 aliphatic carbocycles. The van der Waals surface area contributed by atoms with Gasteiger partial charge in [-0.25, -0.2) is 9.59 Å². The molecule has 422 valence electrons. The van der Waals surface area contributed by atoms with Crippen molar-refractivity contribution in [3.63, 3.8) is 0 Å². The molecule has 0 spiro atoms. The lowest BCUT2D eigenvalue weighted by Crippen LogP contribution is -2.39. The fourth-order valence-corrected chi connectivity index (χ4v) is 4.13. The Kier molecular flexibility index (Phi) is 58.8. The van der Waals surface area contributed by atoms with E-state index in [1.807, 2.05) is 43.9 Å². The number of nitrogens with two attached hydrogens (primary N) is 2. The minimum atomic E-state index is -0.435. The van der Waals surface area contributed by atoms with Gasteiger partial charge in [0, 0.05) is 75.3 Å². The quantitative estimate of drug-likeness (QED) is 0.0815. The zero-order valence-electron chi connectivity index (χ0n) is 47.1. The summed E-state index contributed by atoms with van der Waals surface area (Å²) in [5, 5.41) is 2.64. The fourth-order valence-electron chi connectivity index (χ4n) is 4.13. The Morgan fingerprint density at radius 3 is 1.47 bits per heavy atom. The molecule has 0 aromatic carbocycles. The maximum atomic E-state index is 11.0. The first-order chi connectivity index (χ1) is 35.3. The smallest absolute Gasteiger partial charge is 0.333 e. The van der Waals surface area contributed by atoms with E-state index in [2.05, 4.69) is 74.6 Å². The number of likely N-dealkylation sites (N-methyl/N-ethyl adjacent to an activating group) is 1. The van der Waals surface area contributed by atoms with Gasteiger partial charge in [0.25, 0.3) is 0 Å². The Hall–Kier alpha value is -7.47. The molecule has 0 unspecified atom stereocenters. The highest BCUT2D eigenvalue weighted by molar-refractivity contribution is 5.91. The summed E-state index contributed by atoms with van der Waals surface area (Å²) in [6.45, 7) is 47.2. The zero-order chi connectivity index (χ0) is 59.2. The SMILES string of the molecule is C=C(C)C(=O)OCCCC.C=C(C)C(N)=O.C=CC(=O)N(C)C.C=CC(=O)N1CCCCC1.C=CC(=O)N1CCOCC1.C=CC(=O)NC(C)C.C=CC(=O)OCCCC.C=Cc1ccccn1.CC=C(C)C(N)=O. The number of esters is 2. The zero-order valence-corrected chi connectivity index (χ0v) is 47.1. The Morgan fingerprint density at radius 1 is 0.720 bits per heavy atom. The summed E-state index contributed by atoms with van der Waals surface area (Å²) in [6.07, 6.45) is 19.1. The number of primary amides is 2. The van der Waals surface area contributed by atoms with E-state index in [1.165, 1.54) is 41.7 Å². The molecule has 6 amide bonds. The van der Waals surface area contributed by atoms with Crippen molar-refractivity contribution in [3.05, 3.63) is 136 Å². The fraction of sp³-hybridized carbons (Fsp3) is 0.456. The van der Waals surface area contributed by atoms with Crippen molar-refractivity contribution >= 4 is 53.5 Å². The summed E-state index contributed by atoms with van der Waals surface area (Å²) in [6, 6.07) is 5.94. The van der Waals surface area contributed by atoms with Crippen molar-refractivity contribution < 1.29 is 52.6 Å². The average molecular weight is 1050 g/mol. The number of nitrogens with one attached hydrogen (secondary N) is 1. The standard InChI is InChI=1S/C8H13NO.C8H14O2.C7H11NO2.C7H7N.C7H12O2.C6H11NO.2C5H9NO.C4H7NO/c1-2-8(10)9-6-4-3-5-7-9;1-4-5-6-10-8(9)7(2)3;1-2-7(9)8-3-5-10-6-4-8;1-2-7-5-3-4-6-8-7;1-3-5-6-9-7(8)4-2;1-4-6(8)7-5(2)3;1-4-5(7)6(2)3;1-3-4(2)5(6)7;1-3(2)4(5)6/h2H,1,3-7H2;2,4-6H2,1,3H3;2H,1,3-6H2;2-6H,1H2;4H,2-3,5-6H2,1H3;4-5H,1H2,2-3H3,(H,7,8);4H,1H2,2-3H3;3H,1-2H3,(H2,6,7);1H2,2H3,(H2,5,6). The number of amides is 6. The highest BCUT2D eigenvalue weighted by atomic mass is 16.5. The van der Waals surface area contributed by atoms with Crippen molar-refractivity contribution in [1.29, 1.82) is 0 Å². The number of hydrogen-bond donors (Lipinski definition) is 3. The molecule has 75 heavy (non-hydrogen) atoms. The van der Waals surface area contributed by atoms with Gasteiger partial charge in [-0.05, 0) is 116 Å². The number of ether oxygens (including phenoxy) is 3. The molecule has 3 rings (SSSR count). The number of hydrogen-bond acceptors (Lipinski definition) is 12. The second-order valence-electron chi connectivity index (χ2n) is 16.0. The lowest BCUT2D eigenvalue weighted by atomic mass is 10.1. The molecule has 1 aromatic heterocycles. The molecule has 2 fully saturated rings. The Balaban J connectivity index is -0.000000179. The van der Waals surface area contributed by atoms with Crippen LogP contribution in [0.4, 0.5) is 0 Å². The Bertz CT molecular complexity index is 1850. The number of unbranched alkanes of at least 4 members (excludes halogenated alkanes) is 2. The number of allylic oxidation sites excluding steroid dienone is 1. The van der Waals surface area contributed by atoms with Crippen LogP contribution in [0.5, 0.6) is 0 Å². The van der Waals surface area contributed by atoms with Crippen LogP contribution in [0.25, 0.3) is 6.08 Å². The Labute approximate surface area is 450 Å². The highest BCUT2D eigenvalue weighted by Crippen LogP contribution is 2.08. The van der Waals surface area contributed by atoms with E-state index in [4.69, 9.17) is 20.9 Å². The van der Waals surface area contributed by atoms with Crippen molar-refractivity contribution in [2.75, 3.05) is 66.7 Å². The molecule has 1 aromatic rings. The average Bonchev–Trinajstić information content (AvgIpc) is 3.41. The van der Waals surface area contributed by atoms with Gasteiger partial charge in [-0.2, -0.15) is 0 Å². The van der Waals surface area contributed by atoms with Crippen LogP contribution in [0.15, 0.2) is 130 Å². The summed E-state index contributed by atoms with van der Waals surface area (Å²) in [5.41, 5.74) is 11.9. The van der Waals surface area contributed by atoms with Gasteiger partial charge in [0.15, 0.2) is 0 Å². The highest BCUT2D eigenvalue weighted by Gasteiger charge is 2.13. The molecule has 0 saturated carbocycles. The number of aromatic nitrogens is 1. The van der Waals surface area contributed by atoms with Crippen LogP contribution in [-0.2, 0) is 52.6 Å². The number of piperidine rings is 1. The summed E-state index contributed by atoms with van der Waals surface area (Å²) < 4.78 is 14.5. The Morgan fingerprint density at radius 2 is 1.20 bits per heavy atom. The minimum absolute atomic E-state index is 0.00306. The van der Waals surface area contributed by atoms with E-state index in [-0.39, 0.29) is 47.5 Å². The third-order valence-corrected chi connectivity index (χ3v) is 8.70. The van der Waals surface area contributed by atoms with E-state index in [0.717, 1.165) is 57.3 Å². The van der Waals surface area contributed by atoms with Crippen molar-refractivity contribution in [2.45, 2.75) is 106 Å². The van der Waals surface area contributed by atoms with Gasteiger partial charge >= 0.3 is 11.9 Å². The molecule has 5 N–H and O–H groups in total. The third-order valence-electron chi connectivity index (χ3n) is 8.70. The molecular formula is C57H93N7O11. The van der Waals surface area contributed by atoms with Crippen LogP contribution in [-0.4, -0.2) is 140 Å². The van der Waals surface area contributed by atoms with Crippen molar-refractivity contribution in [2.24, 2.45) is 11.5 Å². The number of carbonyl (C=O) groups is 8. The maximum absolute atomic E-state index is 11.0. The van der Waals surface area contributed by atoms with Gasteiger partial charge in [0.05, 0.1) is 32.1 Å². The van der Waals surface area contributed by atoms with Crippen LogP contribution in [0, 0.1) is 0 Å². The number of carbonyl (C=O) groups excluding carboxylic acids is 8. The van der Waals surface area contributed by atoms with Crippen molar-refractivity contribution in [1.82, 2.24) is 25.0 Å². The van der Waals surface area contributed by atoms with E-state index in [1.54, 1.807) is 65.0 Å². The summed E-state index contributed by atoms with van der Waals surface area (Å²) >= 11 is 0. The summed E-state index contributed by atoms with van der Waals surface area (Å²) in [5.74, 6) is -1.47. The molecule has 0 bridgehead atoms. The van der Waals surface area contributed by atoms with Gasteiger partial charge in [-0.1, -0.05) is 91.5 Å². The first-order valence-corrected chi connectivity index (χ1v) is 24.5. The first kappa shape index (κ1) is 79.0. The predicted molar refractivity (Wildman–Crippen MR) is 304 cm³/mol. The second kappa shape index (κ2) is 55.8. The topological polar surface area (TPSA) is 251 Å². The molecule has 2 saturated heterocycles. The van der Waals surface area contributed by atoms with Crippen LogP contribution >= 0.6 is 0 Å². The van der Waals surface area contributed by atoms with Gasteiger partial charge in [0.2, 0.25) is 35.4 Å². The second-order valence-corrected chi connectivity index (χ2v) is 16.0. The number of morpholine rings is 1. The predicted octanol–water partition coefficient (Wildman–Crippen LogP) is 7.81. The summed E-state index contributed by atoms with van der Waals surface area (Å²) in [4.78, 5) is 92.6. The number of nitrogens with zero attached hydrogens (tertiary/aromatic N) is 4. The van der Waals surface area contributed by atoms with Gasteiger partial charge < -0.3 is 45.7 Å². The van der Waals surface area contributed by atoms with Crippen LogP contribution in [0.2, 0.25) is 0 Å². The molecule has 0 atom stereocenters. The lowest BCUT2D eigenvalue weighted by Gasteiger charge is -2.25. The molecule has 0 radical (unpaired) electrons. The van der Waals surface area contributed by atoms with Gasteiger partial charge in [0.1, 0.15) is 0 Å². The van der Waals surface area contributed by atoms with E-state index < -0.39 is 5.91 Å². The molecular weight excluding hydrogens is 959 g/mol. The molecule has 2 aliphatic heterocycles. The van der Waals surface area contributed by atoms with Gasteiger partial charge in [-0.3, -0.25) is 33.8 Å². The molecule has 3 heterocycles. The van der Waals surface area contributed by atoms with E-state index in [9.17, 15) is 38.4 Å². The minimum Gasteiger partial charge on any atom is -0.463 e. The third kappa shape index (κ3) is 59.0. The normalized spacial score (nSPS) is 11.4. The van der Waals surface area contributed by atoms with E-state index >= 15 is 0 Å². The first-order valence-electron chi connectivity index (χ1n) is 24.5. The van der Waals surface area contributed by atoms with Crippen LogP contribution < -0.4 is 16.8 Å². The largest absolute Gasteiger partial charge is 0.463 e. The van der Waals surface area contributed by atoms with Crippen LogP contribution in [0.3, 0.4) is 0 Å². The summed E-state index contributed by atoms with van der Waals surface area (Å²) in [7, 11) is 3.37. The molecule has 18 nitrogen and oxygen atoms in total. The van der Waals surface area contributed by atoms with Gasteiger partial charge in [-0.15, -0.1) is 0 Å². The monoisotopic (exact) mass is 1050 g/mol. The van der Waals surface area contributed by atoms with Crippen molar-refractivity contribution in [3.8, 4) is 0 Å². The number of likely N-dealkylation sites (tertiary alicyclic amines) is 1. The van der Waals surface area contributed by atoms with Crippen LogP contribution in [0.1, 0.15) is 106 Å². The maximum Gasteiger partial charge on any atom is 0.333 e. The molecule has 18 heteroatoms. The number of rotatable bonds is 16. The lowest BCUT2D eigenvalue weighted by molar-refractivity contribution is -0.139. The number of pyridine rings is 1. The van der Waals surface area contributed by atoms with E-state index in [0.29, 0.717) is 56.2 Å².